The van der Waals surface area contributed by atoms with E-state index in [9.17, 15) is 22.8 Å². The van der Waals surface area contributed by atoms with E-state index in [1.54, 1.807) is 35.2 Å². The maximum Gasteiger partial charge on any atom is 0.417 e. The minimum atomic E-state index is -4.65. The minimum Gasteiger partial charge on any atom is -0.308 e. The highest BCUT2D eigenvalue weighted by Gasteiger charge is 2.33. The van der Waals surface area contributed by atoms with E-state index < -0.39 is 22.8 Å². The highest BCUT2D eigenvalue weighted by molar-refractivity contribution is 6.31. The Hall–Kier alpha value is -4.10. The van der Waals surface area contributed by atoms with Gasteiger partial charge in [-0.15, -0.1) is 0 Å². The van der Waals surface area contributed by atoms with E-state index in [4.69, 9.17) is 11.6 Å². The average Bonchev–Trinajstić information content (AvgIpc) is 3.60. The van der Waals surface area contributed by atoms with Crippen molar-refractivity contribution in [2.24, 2.45) is 0 Å². The molecule has 0 spiro atoms. The monoisotopic (exact) mass is 532 g/mol. The zero-order valence-corrected chi connectivity index (χ0v) is 19.7. The lowest BCUT2D eigenvalue weighted by atomic mass is 10.2. The summed E-state index contributed by atoms with van der Waals surface area (Å²) in [5, 5.41) is 17.5. The number of nitrogens with zero attached hydrogens (tertiary/aromatic N) is 3. The maximum absolute atomic E-state index is 13.0. The fraction of sp³-hybridized carbons (Fsp3) is 0.217. The minimum absolute atomic E-state index is 0.0585. The first-order valence-electron chi connectivity index (χ1n) is 11.2. The molecule has 0 aliphatic carbocycles. The van der Waals surface area contributed by atoms with Gasteiger partial charge in [0, 0.05) is 17.1 Å². The third-order valence-corrected chi connectivity index (χ3v) is 6.14. The van der Waals surface area contributed by atoms with Gasteiger partial charge in [-0.25, -0.2) is 9.78 Å². The van der Waals surface area contributed by atoms with Crippen LogP contribution in [0.1, 0.15) is 18.4 Å². The average molecular weight is 533 g/mol. The molecule has 0 saturated carbocycles. The number of hydrogen-bond acceptors (Lipinski definition) is 5. The van der Waals surface area contributed by atoms with Crippen LogP contribution in [-0.4, -0.2) is 44.3 Å². The van der Waals surface area contributed by atoms with Gasteiger partial charge in [-0.3, -0.25) is 14.5 Å². The van der Waals surface area contributed by atoms with E-state index in [0.717, 1.165) is 31.5 Å². The first-order chi connectivity index (χ1) is 17.7. The lowest BCUT2D eigenvalue weighted by Gasteiger charge is -2.12. The van der Waals surface area contributed by atoms with Crippen LogP contribution in [-0.2, 0) is 11.0 Å². The Kier molecular flexibility index (Phi) is 6.48. The topological polar surface area (TPSA) is 129 Å². The second-order valence-corrected chi connectivity index (χ2v) is 8.75. The number of benzene rings is 2. The molecule has 1 saturated heterocycles. The van der Waals surface area contributed by atoms with Gasteiger partial charge in [0.05, 0.1) is 16.6 Å². The molecule has 1 aliphatic heterocycles. The van der Waals surface area contributed by atoms with Crippen LogP contribution in [0.25, 0.3) is 16.9 Å². The highest BCUT2D eigenvalue weighted by Crippen LogP contribution is 2.36. The van der Waals surface area contributed by atoms with Gasteiger partial charge >= 0.3 is 12.2 Å². The van der Waals surface area contributed by atoms with Gasteiger partial charge in [0.25, 0.3) is 0 Å². The molecule has 192 valence electrons. The summed E-state index contributed by atoms with van der Waals surface area (Å²) >= 11 is 5.61. The molecule has 14 heteroatoms. The van der Waals surface area contributed by atoms with Gasteiger partial charge in [-0.05, 0) is 61.9 Å². The number of nitrogens with one attached hydrogen (secondary N) is 5. The number of anilines is 3. The number of halogens is 4. The van der Waals surface area contributed by atoms with Crippen molar-refractivity contribution in [3.05, 3.63) is 59.4 Å². The number of H-pyrrole nitrogens is 1. The van der Waals surface area contributed by atoms with Crippen molar-refractivity contribution in [1.29, 1.82) is 0 Å². The van der Waals surface area contributed by atoms with E-state index >= 15 is 0 Å². The molecule has 5 rings (SSSR count). The number of carbonyl (C=O) groups excluding carboxylic acids is 2. The third-order valence-electron chi connectivity index (χ3n) is 5.81. The van der Waals surface area contributed by atoms with Crippen LogP contribution in [0.5, 0.6) is 0 Å². The molecule has 0 radical (unpaired) electrons. The standard InChI is InChI=1S/C23H20ClF3N8O2/c24-16-8-5-13(10-15(16)23(25,26)27)31-22(37)30-12-3-6-14(7-4-12)35-11-29-18-19(33-34-20(18)35)32-21(36)17-2-1-9-28-17/h3-8,10-11,17,28H,1-2,9H2,(H2,30,31,37)(H2,32,33,34,36)/t17-/m0/s1. The van der Waals surface area contributed by atoms with Crippen LogP contribution in [0.2, 0.25) is 5.02 Å². The first kappa shape index (κ1) is 24.6. The molecule has 1 aliphatic rings. The Morgan fingerprint density at radius 1 is 1.05 bits per heavy atom. The van der Waals surface area contributed by atoms with Crippen LogP contribution >= 0.6 is 11.6 Å². The Morgan fingerprint density at radius 2 is 1.78 bits per heavy atom. The number of fused-ring (bicyclic) bond motifs is 1. The van der Waals surface area contributed by atoms with Crippen molar-refractivity contribution in [2.45, 2.75) is 25.1 Å². The molecule has 37 heavy (non-hydrogen) atoms. The number of rotatable bonds is 5. The van der Waals surface area contributed by atoms with E-state index in [1.807, 2.05) is 0 Å². The van der Waals surface area contributed by atoms with Crippen molar-refractivity contribution >= 4 is 51.9 Å². The molecule has 4 aromatic rings. The van der Waals surface area contributed by atoms with Gasteiger partial charge in [0.2, 0.25) is 5.91 Å². The Bertz CT molecular complexity index is 1460. The number of carbonyl (C=O) groups is 2. The molecule has 3 heterocycles. The van der Waals surface area contributed by atoms with Crippen molar-refractivity contribution < 1.29 is 22.8 Å². The Labute approximate surface area is 212 Å². The van der Waals surface area contributed by atoms with Crippen LogP contribution in [0, 0.1) is 0 Å². The van der Waals surface area contributed by atoms with Crippen LogP contribution in [0.3, 0.4) is 0 Å². The lowest BCUT2D eigenvalue weighted by Crippen LogP contribution is -2.35. The summed E-state index contributed by atoms with van der Waals surface area (Å²) in [5.41, 5.74) is 0.978. The normalized spacial score (nSPS) is 15.6. The summed E-state index contributed by atoms with van der Waals surface area (Å²) in [7, 11) is 0. The molecular formula is C23H20ClF3N8O2. The predicted octanol–water partition coefficient (Wildman–Crippen LogP) is 4.76. The summed E-state index contributed by atoms with van der Waals surface area (Å²) in [6.45, 7) is 0.803. The third kappa shape index (κ3) is 5.22. The fourth-order valence-electron chi connectivity index (χ4n) is 4.00. The number of imidazole rings is 1. The quantitative estimate of drug-likeness (QED) is 0.253. The van der Waals surface area contributed by atoms with E-state index in [-0.39, 0.29) is 17.6 Å². The summed E-state index contributed by atoms with van der Waals surface area (Å²) in [5.74, 6) is 0.248. The summed E-state index contributed by atoms with van der Waals surface area (Å²) in [6, 6.07) is 8.78. The number of hydrogen-bond donors (Lipinski definition) is 5. The molecule has 10 nitrogen and oxygen atoms in total. The predicted molar refractivity (Wildman–Crippen MR) is 132 cm³/mol. The smallest absolute Gasteiger partial charge is 0.308 e. The van der Waals surface area contributed by atoms with E-state index in [1.165, 1.54) is 6.07 Å². The number of amides is 3. The van der Waals surface area contributed by atoms with Crippen molar-refractivity contribution in [2.75, 3.05) is 22.5 Å². The van der Waals surface area contributed by atoms with Crippen molar-refractivity contribution in [3.63, 3.8) is 0 Å². The van der Waals surface area contributed by atoms with Crippen molar-refractivity contribution in [3.8, 4) is 5.69 Å². The second kappa shape index (κ2) is 9.75. The van der Waals surface area contributed by atoms with E-state index in [2.05, 4.69) is 36.4 Å². The van der Waals surface area contributed by atoms with Crippen LogP contribution < -0.4 is 21.3 Å². The second-order valence-electron chi connectivity index (χ2n) is 8.34. The summed E-state index contributed by atoms with van der Waals surface area (Å²) in [6.07, 6.45) is -1.38. The molecule has 1 fully saturated rings. The van der Waals surface area contributed by atoms with Gasteiger partial charge in [0.15, 0.2) is 17.0 Å². The zero-order valence-electron chi connectivity index (χ0n) is 19.0. The largest absolute Gasteiger partial charge is 0.417 e. The SMILES string of the molecule is O=C(Nc1ccc(-n2cnc3c(NC(=O)[C@@H]4CCCN4)[nH]nc32)cc1)Nc1ccc(Cl)c(C(F)(F)F)c1. The fourth-order valence-corrected chi connectivity index (χ4v) is 4.23. The van der Waals surface area contributed by atoms with Gasteiger partial charge in [-0.1, -0.05) is 11.6 Å². The summed E-state index contributed by atoms with van der Waals surface area (Å²) in [4.78, 5) is 29.0. The Morgan fingerprint density at radius 3 is 2.49 bits per heavy atom. The maximum atomic E-state index is 13.0. The number of aromatic amines is 1. The van der Waals surface area contributed by atoms with Gasteiger partial charge < -0.3 is 21.3 Å². The molecule has 3 amide bonds. The first-order valence-corrected chi connectivity index (χ1v) is 11.6. The molecular weight excluding hydrogens is 513 g/mol. The van der Waals surface area contributed by atoms with Crippen LogP contribution in [0.4, 0.5) is 35.2 Å². The lowest BCUT2D eigenvalue weighted by molar-refractivity contribution is -0.137. The van der Waals surface area contributed by atoms with Crippen LogP contribution in [0.15, 0.2) is 48.8 Å². The van der Waals surface area contributed by atoms with Gasteiger partial charge in [-0.2, -0.15) is 18.3 Å². The molecule has 0 unspecified atom stereocenters. The molecule has 5 N–H and O–H groups in total. The Balaban J connectivity index is 1.25. The van der Waals surface area contributed by atoms with E-state index in [0.29, 0.717) is 28.4 Å². The van der Waals surface area contributed by atoms with Gasteiger partial charge in [0.1, 0.15) is 6.33 Å². The molecule has 0 bridgehead atoms. The highest BCUT2D eigenvalue weighted by atomic mass is 35.5. The zero-order chi connectivity index (χ0) is 26.2. The molecule has 2 aromatic heterocycles. The molecule has 1 atom stereocenters. The molecule has 2 aromatic carbocycles. The number of alkyl halides is 3. The summed E-state index contributed by atoms with van der Waals surface area (Å²) < 4.78 is 40.8. The van der Waals surface area contributed by atoms with Crippen molar-refractivity contribution in [1.82, 2.24) is 25.1 Å². The number of aromatic nitrogens is 4. The number of urea groups is 1.